The van der Waals surface area contributed by atoms with Crippen molar-refractivity contribution in [3.63, 3.8) is 0 Å². The van der Waals surface area contributed by atoms with Crippen LogP contribution in [-0.4, -0.2) is 12.6 Å². The summed E-state index contributed by atoms with van der Waals surface area (Å²) in [7, 11) is 0. The summed E-state index contributed by atoms with van der Waals surface area (Å²) in [6, 6.07) is 2.27. The van der Waals surface area contributed by atoms with Gasteiger partial charge in [0.25, 0.3) is 0 Å². The Hall–Kier alpha value is -0.440. The minimum atomic E-state index is 0. The number of benzene rings is 1. The van der Waals surface area contributed by atoms with Crippen LogP contribution in [0.25, 0.3) is 0 Å². The molecule has 1 unspecified atom stereocenters. The summed E-state index contributed by atoms with van der Waals surface area (Å²) in [4.78, 5) is 0. The van der Waals surface area contributed by atoms with Crippen LogP contribution in [0.3, 0.4) is 0 Å². The molecule has 118 valence electrons. The van der Waals surface area contributed by atoms with Crippen molar-refractivity contribution < 1.29 is 4.74 Å². The van der Waals surface area contributed by atoms with Crippen molar-refractivity contribution in [2.75, 3.05) is 6.61 Å². The van der Waals surface area contributed by atoms with E-state index in [-0.39, 0.29) is 18.4 Å². The number of hydrogen-bond acceptors (Lipinski definition) is 2. The van der Waals surface area contributed by atoms with Gasteiger partial charge in [-0.25, -0.2) is 0 Å². The molecule has 2 N–H and O–H groups in total. The fourth-order valence-corrected chi connectivity index (χ4v) is 3.43. The van der Waals surface area contributed by atoms with Crippen LogP contribution in [0.4, 0.5) is 0 Å². The minimum Gasteiger partial charge on any atom is -0.491 e. The van der Waals surface area contributed by atoms with E-state index in [1.54, 1.807) is 0 Å². The lowest BCUT2D eigenvalue weighted by Crippen LogP contribution is -2.20. The van der Waals surface area contributed by atoms with E-state index < -0.39 is 0 Å². The Morgan fingerprint density at radius 3 is 2.57 bits per heavy atom. The van der Waals surface area contributed by atoms with Crippen LogP contribution < -0.4 is 10.5 Å². The summed E-state index contributed by atoms with van der Waals surface area (Å²) in [5, 5.41) is 0.780. The molecule has 0 heterocycles. The smallest absolute Gasteiger partial charge is 0.141 e. The van der Waals surface area contributed by atoms with Crippen LogP contribution in [0.15, 0.2) is 6.07 Å². The first-order valence-electron chi connectivity index (χ1n) is 7.86. The second kappa shape index (κ2) is 7.21. The number of ether oxygens (including phenoxy) is 1. The molecule has 1 fully saturated rings. The summed E-state index contributed by atoms with van der Waals surface area (Å²) >= 11 is 6.49. The average Bonchev–Trinajstić information content (AvgIpc) is 3.22. The molecule has 1 atom stereocenters. The number of rotatable bonds is 5. The standard InChI is InChI=1S/C17H24ClNO.ClH/c1-11(19)8-13-9-16(18)17(20-10-12-6-7-12)15-5-3-2-4-14(13)15;/h9,11-12H,2-8,10,19H2,1H3;1H. The Morgan fingerprint density at radius 1 is 1.29 bits per heavy atom. The van der Waals surface area contributed by atoms with Gasteiger partial charge in [0.1, 0.15) is 5.75 Å². The van der Waals surface area contributed by atoms with Gasteiger partial charge in [0.05, 0.1) is 11.6 Å². The molecule has 0 spiro atoms. The van der Waals surface area contributed by atoms with Gasteiger partial charge >= 0.3 is 0 Å². The summed E-state index contributed by atoms with van der Waals surface area (Å²) < 4.78 is 6.06. The van der Waals surface area contributed by atoms with Crippen molar-refractivity contribution in [1.29, 1.82) is 0 Å². The molecule has 0 bridgehead atoms. The summed E-state index contributed by atoms with van der Waals surface area (Å²) in [6.45, 7) is 2.89. The topological polar surface area (TPSA) is 35.2 Å². The van der Waals surface area contributed by atoms with Crippen LogP contribution in [0, 0.1) is 5.92 Å². The van der Waals surface area contributed by atoms with Crippen molar-refractivity contribution >= 4 is 24.0 Å². The highest BCUT2D eigenvalue weighted by atomic mass is 35.5. The lowest BCUT2D eigenvalue weighted by molar-refractivity contribution is 0.295. The van der Waals surface area contributed by atoms with E-state index in [4.69, 9.17) is 22.1 Å². The van der Waals surface area contributed by atoms with Gasteiger partial charge in [-0.3, -0.25) is 0 Å². The highest BCUT2D eigenvalue weighted by molar-refractivity contribution is 6.32. The molecule has 2 aliphatic rings. The minimum absolute atomic E-state index is 0. The Kier molecular flexibility index (Phi) is 5.81. The first-order valence-corrected chi connectivity index (χ1v) is 8.24. The molecule has 1 saturated carbocycles. The third kappa shape index (κ3) is 4.06. The number of halogens is 2. The van der Waals surface area contributed by atoms with E-state index in [1.807, 2.05) is 0 Å². The molecule has 1 aromatic rings. The second-order valence-electron chi connectivity index (χ2n) is 6.45. The molecular formula is C17H25Cl2NO. The van der Waals surface area contributed by atoms with E-state index >= 15 is 0 Å². The zero-order valence-electron chi connectivity index (χ0n) is 12.7. The van der Waals surface area contributed by atoms with Crippen LogP contribution in [0.2, 0.25) is 5.02 Å². The Bertz CT molecular complexity index is 498. The molecule has 1 aromatic carbocycles. The largest absolute Gasteiger partial charge is 0.491 e. The second-order valence-corrected chi connectivity index (χ2v) is 6.85. The van der Waals surface area contributed by atoms with Crippen LogP contribution >= 0.6 is 24.0 Å². The van der Waals surface area contributed by atoms with Crippen molar-refractivity contribution in [2.24, 2.45) is 11.7 Å². The van der Waals surface area contributed by atoms with Crippen LogP contribution in [0.1, 0.15) is 49.3 Å². The Balaban J connectivity index is 0.00000161. The van der Waals surface area contributed by atoms with Gasteiger partial charge in [-0.1, -0.05) is 11.6 Å². The lowest BCUT2D eigenvalue weighted by Gasteiger charge is -2.24. The molecule has 0 amide bonds. The number of fused-ring (bicyclic) bond motifs is 1. The van der Waals surface area contributed by atoms with Crippen LogP contribution in [-0.2, 0) is 19.3 Å². The summed E-state index contributed by atoms with van der Waals surface area (Å²) in [5.74, 6) is 1.72. The van der Waals surface area contributed by atoms with Gasteiger partial charge in [-0.2, -0.15) is 0 Å². The van der Waals surface area contributed by atoms with E-state index in [0.717, 1.165) is 42.6 Å². The molecule has 0 aromatic heterocycles. The van der Waals surface area contributed by atoms with E-state index in [1.165, 1.54) is 42.4 Å². The summed E-state index contributed by atoms with van der Waals surface area (Å²) in [5.41, 5.74) is 10.1. The monoisotopic (exact) mass is 329 g/mol. The molecule has 4 heteroatoms. The Morgan fingerprint density at radius 2 is 1.95 bits per heavy atom. The maximum Gasteiger partial charge on any atom is 0.141 e. The fourth-order valence-electron chi connectivity index (χ4n) is 3.13. The molecule has 21 heavy (non-hydrogen) atoms. The predicted molar refractivity (Wildman–Crippen MR) is 90.9 cm³/mol. The average molecular weight is 330 g/mol. The SMILES string of the molecule is CC(N)Cc1cc(Cl)c(OCC2CC2)c2c1CCCC2.Cl. The molecule has 0 aliphatic heterocycles. The highest BCUT2D eigenvalue weighted by Crippen LogP contribution is 2.40. The fraction of sp³-hybridized carbons (Fsp3) is 0.647. The van der Waals surface area contributed by atoms with Crippen molar-refractivity contribution in [2.45, 2.75) is 57.9 Å². The lowest BCUT2D eigenvalue weighted by atomic mass is 9.85. The van der Waals surface area contributed by atoms with E-state index in [2.05, 4.69) is 13.0 Å². The number of nitrogens with two attached hydrogens (primary N) is 1. The molecule has 2 aliphatic carbocycles. The molecule has 0 radical (unpaired) electrons. The van der Waals surface area contributed by atoms with Gasteiger partial charge in [0, 0.05) is 6.04 Å². The third-order valence-electron chi connectivity index (χ3n) is 4.35. The first-order chi connectivity index (χ1) is 9.65. The number of hydrogen-bond donors (Lipinski definition) is 1. The van der Waals surface area contributed by atoms with Crippen LogP contribution in [0.5, 0.6) is 5.75 Å². The highest BCUT2D eigenvalue weighted by Gasteiger charge is 2.25. The van der Waals surface area contributed by atoms with Crippen molar-refractivity contribution in [3.05, 3.63) is 27.8 Å². The van der Waals surface area contributed by atoms with Gasteiger partial charge < -0.3 is 10.5 Å². The van der Waals surface area contributed by atoms with Gasteiger partial charge in [-0.05, 0) is 80.5 Å². The van der Waals surface area contributed by atoms with Gasteiger partial charge in [-0.15, -0.1) is 12.4 Å². The quantitative estimate of drug-likeness (QED) is 0.873. The van der Waals surface area contributed by atoms with E-state index in [0.29, 0.717) is 0 Å². The first kappa shape index (κ1) is 16.9. The van der Waals surface area contributed by atoms with Gasteiger partial charge in [0.15, 0.2) is 0 Å². The van der Waals surface area contributed by atoms with Crippen molar-refractivity contribution in [1.82, 2.24) is 0 Å². The normalized spacial score (nSPS) is 18.6. The zero-order valence-corrected chi connectivity index (χ0v) is 14.2. The molecular weight excluding hydrogens is 305 g/mol. The third-order valence-corrected chi connectivity index (χ3v) is 4.63. The summed E-state index contributed by atoms with van der Waals surface area (Å²) in [6.07, 6.45) is 8.28. The zero-order chi connectivity index (χ0) is 14.1. The molecule has 3 rings (SSSR count). The Labute approximate surface area is 138 Å². The molecule has 2 nitrogen and oxygen atoms in total. The van der Waals surface area contributed by atoms with Gasteiger partial charge in [0.2, 0.25) is 0 Å². The maximum absolute atomic E-state index is 6.49. The van der Waals surface area contributed by atoms with Crippen molar-refractivity contribution in [3.8, 4) is 5.75 Å². The predicted octanol–water partition coefficient (Wildman–Crippen LogP) is 4.32. The van der Waals surface area contributed by atoms with E-state index in [9.17, 15) is 0 Å². The molecule has 0 saturated heterocycles. The maximum atomic E-state index is 6.49.